The first-order valence-corrected chi connectivity index (χ1v) is 12.2. The van der Waals surface area contributed by atoms with Gasteiger partial charge in [-0.25, -0.2) is 9.37 Å². The normalized spacial score (nSPS) is 30.1. The zero-order chi connectivity index (χ0) is 24.1. The number of hydrogen-bond donors (Lipinski definition) is 1. The molecule has 3 aromatic rings. The Kier molecular flexibility index (Phi) is 4.58. The molecule has 1 spiro atoms. The van der Waals surface area contributed by atoms with Crippen molar-refractivity contribution in [3.8, 4) is 0 Å². The average molecular weight is 502 g/mol. The van der Waals surface area contributed by atoms with Crippen LogP contribution in [0.15, 0.2) is 24.5 Å². The fourth-order valence-corrected chi connectivity index (χ4v) is 6.40. The highest BCUT2D eigenvalue weighted by molar-refractivity contribution is 6.28. The molecule has 11 heteroatoms. The lowest BCUT2D eigenvalue weighted by molar-refractivity contribution is -0.199. The van der Waals surface area contributed by atoms with Crippen molar-refractivity contribution in [1.29, 1.82) is 0 Å². The van der Waals surface area contributed by atoms with E-state index in [1.807, 2.05) is 19.9 Å². The van der Waals surface area contributed by atoms with Gasteiger partial charge in [-0.05, 0) is 61.5 Å². The Morgan fingerprint density at radius 1 is 1.20 bits per heavy atom. The summed E-state index contributed by atoms with van der Waals surface area (Å²) in [6, 6.07) is 5.10. The van der Waals surface area contributed by atoms with Crippen LogP contribution in [-0.2, 0) is 26.0 Å². The number of halogens is 2. The average Bonchev–Trinajstić information content (AvgIpc) is 3.52. The van der Waals surface area contributed by atoms with E-state index in [0.29, 0.717) is 30.1 Å². The monoisotopic (exact) mass is 501 g/mol. The number of rotatable bonds is 3. The Labute approximate surface area is 205 Å². The topological polar surface area (TPSA) is 94.8 Å². The molecule has 0 amide bonds. The fraction of sp³-hybridized carbons (Fsp3) is 0.542. The third-order valence-corrected chi connectivity index (χ3v) is 7.93. The minimum atomic E-state index is -0.790. The molecule has 1 aliphatic carbocycles. The Balaban J connectivity index is 1.23. The van der Waals surface area contributed by atoms with Crippen molar-refractivity contribution in [3.05, 3.63) is 46.8 Å². The van der Waals surface area contributed by atoms with Crippen molar-refractivity contribution in [2.24, 2.45) is 0 Å². The molecule has 4 atom stereocenters. The predicted octanol–water partition coefficient (Wildman–Crippen LogP) is 2.73. The van der Waals surface area contributed by atoms with E-state index in [1.54, 1.807) is 17.0 Å². The molecule has 9 nitrogen and oxygen atoms in total. The van der Waals surface area contributed by atoms with Crippen LogP contribution in [-0.4, -0.2) is 68.4 Å². The molecule has 1 N–H and O–H groups in total. The summed E-state index contributed by atoms with van der Waals surface area (Å²) < 4.78 is 34.0. The van der Waals surface area contributed by atoms with E-state index in [1.165, 1.54) is 11.6 Å². The molecule has 0 radical (unpaired) electrons. The second kappa shape index (κ2) is 7.33. The highest BCUT2D eigenvalue weighted by Crippen LogP contribution is 2.48. The minimum Gasteiger partial charge on any atom is -0.394 e. The molecular weight excluding hydrogens is 477 g/mol. The van der Waals surface area contributed by atoms with Gasteiger partial charge in [0.1, 0.15) is 24.1 Å². The molecule has 0 saturated carbocycles. The molecule has 0 bridgehead atoms. The number of aliphatic hydroxyl groups excluding tert-OH is 1. The van der Waals surface area contributed by atoms with E-state index in [0.717, 1.165) is 18.4 Å². The van der Waals surface area contributed by atoms with Gasteiger partial charge in [0, 0.05) is 18.5 Å². The molecule has 1 aromatic carbocycles. The summed E-state index contributed by atoms with van der Waals surface area (Å²) in [6.45, 7) is 4.91. The van der Waals surface area contributed by atoms with Crippen LogP contribution >= 0.6 is 11.6 Å². The smallest absolute Gasteiger partial charge is 0.226 e. The number of aryl methyl sites for hydroxylation is 1. The Hall–Kier alpha value is -2.37. The maximum atomic E-state index is 14.0. The van der Waals surface area contributed by atoms with E-state index in [9.17, 15) is 9.50 Å². The summed E-state index contributed by atoms with van der Waals surface area (Å²) in [7, 11) is 0. The van der Waals surface area contributed by atoms with Gasteiger partial charge < -0.3 is 24.2 Å². The number of benzene rings is 1. The molecule has 5 heterocycles. The summed E-state index contributed by atoms with van der Waals surface area (Å²) in [5, 5.41) is 9.94. The number of aliphatic hydroxyl groups is 1. The van der Waals surface area contributed by atoms with Gasteiger partial charge in [-0.3, -0.25) is 4.57 Å². The summed E-state index contributed by atoms with van der Waals surface area (Å²) >= 11 is 6.37. The van der Waals surface area contributed by atoms with Crippen LogP contribution < -0.4 is 4.90 Å². The van der Waals surface area contributed by atoms with Crippen molar-refractivity contribution in [2.45, 2.75) is 62.4 Å². The number of nitrogens with zero attached hydrogens (tertiary/aromatic N) is 5. The van der Waals surface area contributed by atoms with Crippen molar-refractivity contribution in [2.75, 3.05) is 24.6 Å². The van der Waals surface area contributed by atoms with Gasteiger partial charge in [-0.15, -0.1) is 0 Å². The van der Waals surface area contributed by atoms with Gasteiger partial charge >= 0.3 is 0 Å². The Morgan fingerprint density at radius 2 is 2.00 bits per heavy atom. The minimum absolute atomic E-state index is 0.0828. The zero-order valence-corrected chi connectivity index (χ0v) is 20.1. The molecule has 0 unspecified atom stereocenters. The molecular formula is C24H25ClFN5O4. The maximum absolute atomic E-state index is 14.0. The van der Waals surface area contributed by atoms with Gasteiger partial charge in [-0.1, -0.05) is 6.07 Å². The number of ether oxygens (including phenoxy) is 3. The van der Waals surface area contributed by atoms with Crippen molar-refractivity contribution >= 4 is 28.6 Å². The third-order valence-electron chi connectivity index (χ3n) is 7.76. The lowest BCUT2D eigenvalue weighted by atomic mass is 9.74. The van der Waals surface area contributed by atoms with E-state index in [2.05, 4.69) is 19.9 Å². The summed E-state index contributed by atoms with van der Waals surface area (Å²) in [5.41, 5.74) is 3.36. The maximum Gasteiger partial charge on any atom is 0.226 e. The van der Waals surface area contributed by atoms with Gasteiger partial charge in [0.25, 0.3) is 0 Å². The first kappa shape index (κ1) is 21.9. The highest BCUT2D eigenvalue weighted by atomic mass is 35.5. The van der Waals surface area contributed by atoms with E-state index in [-0.39, 0.29) is 23.1 Å². The van der Waals surface area contributed by atoms with Gasteiger partial charge in [0.05, 0.1) is 12.9 Å². The fourth-order valence-electron chi connectivity index (χ4n) is 6.24. The SMILES string of the molecule is CC1(C)O[C@@H]2[C@H](O1)[C@@H](CO)O[C@H]2n1cnc2c(N3CC4(CCc5ccc(F)cc54)C3)nc(Cl)nc21. The van der Waals surface area contributed by atoms with Gasteiger partial charge in [0.15, 0.2) is 29.0 Å². The van der Waals surface area contributed by atoms with E-state index in [4.69, 9.17) is 25.8 Å². The van der Waals surface area contributed by atoms with Crippen LogP contribution in [0.25, 0.3) is 11.2 Å². The van der Waals surface area contributed by atoms with Crippen LogP contribution in [0, 0.1) is 5.82 Å². The molecule has 35 heavy (non-hydrogen) atoms. The lowest BCUT2D eigenvalue weighted by Crippen LogP contribution is -2.58. The lowest BCUT2D eigenvalue weighted by Gasteiger charge is -2.49. The second-order valence-corrected chi connectivity index (χ2v) is 10.7. The molecule has 3 saturated heterocycles. The van der Waals surface area contributed by atoms with Crippen LogP contribution in [0.2, 0.25) is 5.28 Å². The standard InChI is InChI=1S/C24H25ClFN5O4/c1-23(2)34-17-15(8-32)33-21(18(17)35-23)31-11-27-16-19(28-22(25)29-20(16)31)30-9-24(10-30)6-5-12-3-4-13(26)7-14(12)24/h3-4,7,11,15,17-18,21,32H,5-6,8-10H2,1-2H3/t15-,17-,18-,21-/m1/s1. The van der Waals surface area contributed by atoms with Crippen LogP contribution in [0.3, 0.4) is 0 Å². The number of anilines is 1. The van der Waals surface area contributed by atoms with Crippen molar-refractivity contribution in [3.63, 3.8) is 0 Å². The van der Waals surface area contributed by atoms with E-state index < -0.39 is 30.3 Å². The zero-order valence-electron chi connectivity index (χ0n) is 19.3. The molecule has 3 aliphatic heterocycles. The highest BCUT2D eigenvalue weighted by Gasteiger charge is 2.56. The summed E-state index contributed by atoms with van der Waals surface area (Å²) in [5.74, 6) is -0.347. The molecule has 2 aromatic heterocycles. The van der Waals surface area contributed by atoms with Crippen LogP contribution in [0.1, 0.15) is 37.6 Å². The number of fused-ring (bicyclic) bond motifs is 4. The Morgan fingerprint density at radius 3 is 2.80 bits per heavy atom. The number of aromatic nitrogens is 4. The van der Waals surface area contributed by atoms with E-state index >= 15 is 0 Å². The molecule has 184 valence electrons. The predicted molar refractivity (Wildman–Crippen MR) is 124 cm³/mol. The first-order valence-electron chi connectivity index (χ1n) is 11.8. The first-order chi connectivity index (χ1) is 16.8. The number of hydrogen-bond acceptors (Lipinski definition) is 8. The number of imidazole rings is 1. The van der Waals surface area contributed by atoms with Gasteiger partial charge in [-0.2, -0.15) is 9.97 Å². The van der Waals surface area contributed by atoms with Crippen molar-refractivity contribution in [1.82, 2.24) is 19.5 Å². The van der Waals surface area contributed by atoms with Crippen molar-refractivity contribution < 1.29 is 23.7 Å². The molecule has 3 fully saturated rings. The quantitative estimate of drug-likeness (QED) is 0.547. The third kappa shape index (κ3) is 3.17. The van der Waals surface area contributed by atoms with Gasteiger partial charge in [0.2, 0.25) is 5.28 Å². The van der Waals surface area contributed by atoms with Crippen LogP contribution in [0.5, 0.6) is 0 Å². The Bertz CT molecular complexity index is 1340. The largest absolute Gasteiger partial charge is 0.394 e. The second-order valence-electron chi connectivity index (χ2n) is 10.4. The summed E-state index contributed by atoms with van der Waals surface area (Å²) in [6.07, 6.45) is 1.61. The molecule has 7 rings (SSSR count). The summed E-state index contributed by atoms with van der Waals surface area (Å²) in [4.78, 5) is 15.7. The van der Waals surface area contributed by atoms with Crippen LogP contribution in [0.4, 0.5) is 10.2 Å². The molecule has 4 aliphatic rings.